The molecule has 0 radical (unpaired) electrons. The van der Waals surface area contributed by atoms with E-state index in [4.69, 9.17) is 21.3 Å². The predicted octanol–water partition coefficient (Wildman–Crippen LogP) is 8.49. The van der Waals surface area contributed by atoms with Gasteiger partial charge in [-0.05, 0) is 94.4 Å². The zero-order chi connectivity index (χ0) is 32.5. The Morgan fingerprint density at radius 3 is 2.61 bits per heavy atom. The first-order chi connectivity index (χ1) is 22.3. The summed E-state index contributed by atoms with van der Waals surface area (Å²) in [5, 5.41) is 14.5. The number of amides is 1. The van der Waals surface area contributed by atoms with Crippen molar-refractivity contribution in [3.8, 4) is 0 Å². The van der Waals surface area contributed by atoms with Crippen LogP contribution in [0.4, 0.5) is 5.69 Å². The molecule has 8 nitrogen and oxygen atoms in total. The minimum atomic E-state index is -0.431. The van der Waals surface area contributed by atoms with E-state index in [1.807, 2.05) is 37.2 Å². The van der Waals surface area contributed by atoms with Crippen LogP contribution >= 0.6 is 23.4 Å². The lowest BCUT2D eigenvalue weighted by Crippen LogP contribution is -2.39. The van der Waals surface area contributed by atoms with Crippen molar-refractivity contribution < 1.29 is 14.6 Å². The number of anilines is 1. The lowest BCUT2D eigenvalue weighted by molar-refractivity contribution is -0.112. The average molecular weight is 666 g/mol. The number of hydrogen-bond donors (Lipinski definition) is 2. The largest absolute Gasteiger partial charge is 0.493 e. The van der Waals surface area contributed by atoms with Gasteiger partial charge in [-0.3, -0.25) is 4.79 Å². The summed E-state index contributed by atoms with van der Waals surface area (Å²) in [5.41, 5.74) is 2.13. The second-order valence-electron chi connectivity index (χ2n) is 12.7. The number of benzene rings is 1. The highest BCUT2D eigenvalue weighted by Gasteiger charge is 2.38. The molecule has 1 saturated carbocycles. The van der Waals surface area contributed by atoms with Crippen molar-refractivity contribution in [2.45, 2.75) is 83.0 Å². The van der Waals surface area contributed by atoms with Gasteiger partial charge in [0.2, 0.25) is 5.88 Å². The number of carbonyl (C=O) groups is 1. The molecule has 0 bridgehead atoms. The molecule has 10 heteroatoms. The van der Waals surface area contributed by atoms with E-state index in [9.17, 15) is 9.90 Å². The van der Waals surface area contributed by atoms with Crippen LogP contribution < -0.4 is 5.32 Å². The molecule has 5 rings (SSSR count). The molecule has 0 aromatic heterocycles. The summed E-state index contributed by atoms with van der Waals surface area (Å²) >= 11 is 8.43. The maximum absolute atomic E-state index is 13.6. The van der Waals surface area contributed by atoms with Gasteiger partial charge in [-0.2, -0.15) is 0 Å². The van der Waals surface area contributed by atoms with Crippen molar-refractivity contribution in [3.05, 3.63) is 69.2 Å². The Balaban J connectivity index is 1.29. The Morgan fingerprint density at radius 2 is 1.96 bits per heavy atom. The molecule has 0 unspecified atom stereocenters. The van der Waals surface area contributed by atoms with Gasteiger partial charge in [-0.1, -0.05) is 48.0 Å². The smallest absolute Gasteiger partial charge is 0.261 e. The van der Waals surface area contributed by atoms with Crippen LogP contribution in [0.15, 0.2) is 79.1 Å². The first-order valence-corrected chi connectivity index (χ1v) is 17.9. The van der Waals surface area contributed by atoms with E-state index in [0.717, 1.165) is 118 Å². The minimum Gasteiger partial charge on any atom is -0.493 e. The second-order valence-corrected chi connectivity index (χ2v) is 14.2. The number of nitrogens with zero attached hydrogens (tertiary/aromatic N) is 4. The second kappa shape index (κ2) is 16.2. The molecule has 4 aliphatic rings. The topological polar surface area (TPSA) is 89.8 Å². The predicted molar refractivity (Wildman–Crippen MR) is 191 cm³/mol. The van der Waals surface area contributed by atoms with Gasteiger partial charge in [-0.15, -0.1) is 0 Å². The Bertz CT molecular complexity index is 1440. The van der Waals surface area contributed by atoms with Crippen LogP contribution in [0.3, 0.4) is 0 Å². The molecule has 1 spiro atoms. The van der Waals surface area contributed by atoms with Crippen LogP contribution in [0.2, 0.25) is 5.02 Å². The van der Waals surface area contributed by atoms with Crippen LogP contribution in [0.5, 0.6) is 0 Å². The molecule has 3 heterocycles. The molecular formula is C36H48ClN5O3S. The number of aliphatic hydroxyl groups excluding tert-OH is 1. The van der Waals surface area contributed by atoms with Gasteiger partial charge in [0.25, 0.3) is 5.91 Å². The number of aliphatic imine (C=N–C) groups is 2. The maximum atomic E-state index is 13.6. The van der Waals surface area contributed by atoms with E-state index >= 15 is 0 Å². The number of likely N-dealkylation sites (tertiary alicyclic amines) is 2. The average Bonchev–Trinajstić information content (AvgIpc) is 3.48. The van der Waals surface area contributed by atoms with E-state index < -0.39 is 5.91 Å². The number of halogens is 1. The van der Waals surface area contributed by atoms with Crippen LogP contribution in [0, 0.1) is 5.41 Å². The fraction of sp³-hybridized carbons (Fsp3) is 0.528. The molecule has 46 heavy (non-hydrogen) atoms. The highest BCUT2D eigenvalue weighted by atomic mass is 35.5. The van der Waals surface area contributed by atoms with Crippen LogP contribution in [0.1, 0.15) is 78.1 Å². The van der Waals surface area contributed by atoms with Crippen LogP contribution in [-0.2, 0) is 9.53 Å². The summed E-state index contributed by atoms with van der Waals surface area (Å²) in [6.45, 7) is 8.77. The van der Waals surface area contributed by atoms with Gasteiger partial charge in [0.05, 0.1) is 17.3 Å². The van der Waals surface area contributed by atoms with Gasteiger partial charge in [-0.25, -0.2) is 9.98 Å². The third kappa shape index (κ3) is 8.66. The highest BCUT2D eigenvalue weighted by Crippen LogP contribution is 2.40. The van der Waals surface area contributed by atoms with Crippen molar-refractivity contribution in [1.29, 1.82) is 0 Å². The Morgan fingerprint density at radius 1 is 1.15 bits per heavy atom. The van der Waals surface area contributed by atoms with Crippen molar-refractivity contribution in [2.75, 3.05) is 45.2 Å². The van der Waals surface area contributed by atoms with Crippen LogP contribution in [-0.4, -0.2) is 72.8 Å². The molecule has 0 atom stereocenters. The van der Waals surface area contributed by atoms with Gasteiger partial charge in [0, 0.05) is 55.7 Å². The van der Waals surface area contributed by atoms with Gasteiger partial charge in [0.1, 0.15) is 17.2 Å². The number of allylic oxidation sites excluding steroid dienone is 4. The number of hydrogen-bond acceptors (Lipinski definition) is 7. The van der Waals surface area contributed by atoms with E-state index in [-0.39, 0.29) is 11.5 Å². The van der Waals surface area contributed by atoms with Gasteiger partial charge in [0.15, 0.2) is 0 Å². The monoisotopic (exact) mass is 665 g/mol. The van der Waals surface area contributed by atoms with E-state index in [2.05, 4.69) is 34.3 Å². The lowest BCUT2D eigenvalue weighted by atomic mass is 9.78. The molecule has 3 saturated heterocycles. The summed E-state index contributed by atoms with van der Waals surface area (Å²) < 4.78 is 5.71. The molecule has 248 valence electrons. The fourth-order valence-corrected chi connectivity index (χ4v) is 7.53. The van der Waals surface area contributed by atoms with Gasteiger partial charge >= 0.3 is 0 Å². The number of piperidine rings is 2. The maximum Gasteiger partial charge on any atom is 0.261 e. The molecule has 4 fully saturated rings. The number of thioether (sulfide) groups is 1. The van der Waals surface area contributed by atoms with Crippen molar-refractivity contribution in [1.82, 2.24) is 9.80 Å². The zero-order valence-electron chi connectivity index (χ0n) is 27.5. The van der Waals surface area contributed by atoms with Crippen LogP contribution in [0.25, 0.3) is 0 Å². The lowest BCUT2D eigenvalue weighted by Gasteiger charge is -2.39. The quantitative estimate of drug-likeness (QED) is 0.113. The Hall–Kier alpha value is -3.01. The number of amidine groups is 1. The minimum absolute atomic E-state index is 0.164. The normalized spacial score (nSPS) is 22.0. The Kier molecular flexibility index (Phi) is 12.1. The molecule has 2 N–H and O–H groups in total. The van der Waals surface area contributed by atoms with E-state index in [1.54, 1.807) is 12.1 Å². The van der Waals surface area contributed by atoms with Crippen molar-refractivity contribution in [2.24, 2.45) is 15.4 Å². The molecule has 3 aliphatic heterocycles. The molecular weight excluding hydrogens is 618 g/mol. The highest BCUT2D eigenvalue weighted by molar-refractivity contribution is 8.04. The third-order valence-electron chi connectivity index (χ3n) is 9.41. The molecule has 1 aromatic rings. The number of ether oxygens (including phenoxy) is 1. The van der Waals surface area contributed by atoms with Gasteiger partial charge < -0.3 is 25.0 Å². The summed E-state index contributed by atoms with van der Waals surface area (Å²) in [6.07, 6.45) is 18.0. The SMILES string of the molecule is C\C=C(/N=C/C(=C/CC)Sc1cccc(NC(=O)/C(C=C2CCC2)=C(\O)N=C2CCCCN2C)c1Cl)N1CCC2(CCOC2)CC1. The number of aliphatic hydroxyl groups is 1. The van der Waals surface area contributed by atoms with E-state index in [0.29, 0.717) is 16.1 Å². The zero-order valence-corrected chi connectivity index (χ0v) is 29.1. The first kappa shape index (κ1) is 34.3. The summed E-state index contributed by atoms with van der Waals surface area (Å²) in [6, 6.07) is 5.60. The summed E-state index contributed by atoms with van der Waals surface area (Å²) in [5.74, 6) is 1.08. The van der Waals surface area contributed by atoms with E-state index in [1.165, 1.54) is 18.2 Å². The molecule has 1 aliphatic carbocycles. The third-order valence-corrected chi connectivity index (χ3v) is 11.0. The summed E-state index contributed by atoms with van der Waals surface area (Å²) in [7, 11) is 1.97. The number of nitrogens with one attached hydrogen (secondary N) is 1. The Labute approximate surface area is 283 Å². The number of rotatable bonds is 10. The number of carbonyl (C=O) groups excluding carboxylic acids is 1. The summed E-state index contributed by atoms with van der Waals surface area (Å²) in [4.78, 5) is 29.2. The standard InChI is InChI=1S/C36H48ClN5O3S/c1-4-10-27(24-38-31(5-2)42-20-16-36(17-21-42)18-22-45-25-36)46-30-14-9-13-29(33(30)37)39-34(43)28(23-26-11-8-12-26)35(44)40-32-15-6-7-19-41(32)3/h5,9-10,13-14,23-24,44H,4,6-8,11-12,15-22,25H2,1-3H3,(H,39,43)/b27-10-,31-5+,35-28-,38-24+,40-32?. The molecule has 1 aromatic carbocycles. The van der Waals surface area contributed by atoms with Crippen molar-refractivity contribution in [3.63, 3.8) is 0 Å². The molecule has 1 amide bonds. The van der Waals surface area contributed by atoms with Crippen molar-refractivity contribution >= 4 is 47.0 Å². The fourth-order valence-electron chi connectivity index (χ4n) is 6.28. The first-order valence-electron chi connectivity index (χ1n) is 16.7.